The second kappa shape index (κ2) is 5.45. The van der Waals surface area contributed by atoms with Crippen LogP contribution in [0, 0.1) is 13.8 Å². The summed E-state index contributed by atoms with van der Waals surface area (Å²) in [6.45, 7) is 3.86. The number of nitrogen functional groups attached to an aromatic ring is 1. The summed E-state index contributed by atoms with van der Waals surface area (Å²) in [7, 11) is 0. The third-order valence-corrected chi connectivity index (χ3v) is 3.33. The van der Waals surface area contributed by atoms with Crippen molar-refractivity contribution in [3.63, 3.8) is 0 Å². The Morgan fingerprint density at radius 1 is 1.21 bits per heavy atom. The van der Waals surface area contributed by atoms with E-state index in [1.165, 1.54) is 0 Å². The summed E-state index contributed by atoms with van der Waals surface area (Å²) in [4.78, 5) is 12.2. The quantitative estimate of drug-likeness (QED) is 0.825. The molecule has 2 aromatic carbocycles. The summed E-state index contributed by atoms with van der Waals surface area (Å²) < 4.78 is 0.931. The third-order valence-electron chi connectivity index (χ3n) is 2.87. The molecule has 0 heterocycles. The predicted molar refractivity (Wildman–Crippen MR) is 82.4 cm³/mol. The highest BCUT2D eigenvalue weighted by Crippen LogP contribution is 2.22. The molecule has 98 valence electrons. The van der Waals surface area contributed by atoms with E-state index in [0.717, 1.165) is 21.3 Å². The van der Waals surface area contributed by atoms with Crippen molar-refractivity contribution in [3.8, 4) is 0 Å². The smallest absolute Gasteiger partial charge is 0.257 e. The first-order chi connectivity index (χ1) is 8.97. The van der Waals surface area contributed by atoms with Gasteiger partial charge in [0.15, 0.2) is 0 Å². The number of para-hydroxylation sites is 1. The van der Waals surface area contributed by atoms with Crippen LogP contribution in [-0.2, 0) is 0 Å². The molecule has 0 atom stereocenters. The van der Waals surface area contributed by atoms with E-state index in [0.29, 0.717) is 11.3 Å². The van der Waals surface area contributed by atoms with Crippen LogP contribution in [0.1, 0.15) is 21.5 Å². The number of amides is 1. The number of anilines is 2. The lowest BCUT2D eigenvalue weighted by Crippen LogP contribution is -2.14. The van der Waals surface area contributed by atoms with Gasteiger partial charge in [-0.2, -0.15) is 0 Å². The summed E-state index contributed by atoms with van der Waals surface area (Å²) in [5, 5.41) is 2.86. The van der Waals surface area contributed by atoms with Crippen LogP contribution in [0.5, 0.6) is 0 Å². The Morgan fingerprint density at radius 2 is 1.95 bits per heavy atom. The second-order valence-corrected chi connectivity index (χ2v) is 5.42. The largest absolute Gasteiger partial charge is 0.398 e. The molecular weight excluding hydrogens is 304 g/mol. The number of halogens is 1. The standard InChI is InChI=1S/C15H15BrN2O/c1-9-6-11(16)8-12(7-9)18-15(19)13-5-3-4-10(2)14(13)17/h3-8H,17H2,1-2H3,(H,18,19). The fourth-order valence-electron chi connectivity index (χ4n) is 1.89. The molecule has 0 aliphatic carbocycles. The van der Waals surface area contributed by atoms with Crippen molar-refractivity contribution in [1.82, 2.24) is 0 Å². The lowest BCUT2D eigenvalue weighted by atomic mass is 10.1. The molecular formula is C15H15BrN2O. The normalized spacial score (nSPS) is 10.3. The van der Waals surface area contributed by atoms with Crippen molar-refractivity contribution < 1.29 is 4.79 Å². The molecule has 4 heteroatoms. The zero-order valence-corrected chi connectivity index (χ0v) is 12.4. The number of nitrogens with one attached hydrogen (secondary N) is 1. The van der Waals surface area contributed by atoms with E-state index in [1.54, 1.807) is 6.07 Å². The third kappa shape index (κ3) is 3.15. The van der Waals surface area contributed by atoms with Crippen molar-refractivity contribution in [2.24, 2.45) is 0 Å². The lowest BCUT2D eigenvalue weighted by molar-refractivity contribution is 0.102. The van der Waals surface area contributed by atoms with Gasteiger partial charge in [0.2, 0.25) is 0 Å². The number of carbonyl (C=O) groups excluding carboxylic acids is 1. The molecule has 3 N–H and O–H groups in total. The highest BCUT2D eigenvalue weighted by atomic mass is 79.9. The number of nitrogens with two attached hydrogens (primary N) is 1. The molecule has 0 aliphatic rings. The van der Waals surface area contributed by atoms with Gasteiger partial charge in [0.25, 0.3) is 5.91 Å². The molecule has 0 bridgehead atoms. The maximum atomic E-state index is 12.2. The van der Waals surface area contributed by atoms with E-state index in [4.69, 9.17) is 5.73 Å². The number of aryl methyl sites for hydroxylation is 2. The Hall–Kier alpha value is -1.81. The van der Waals surface area contributed by atoms with Crippen LogP contribution < -0.4 is 11.1 Å². The molecule has 0 radical (unpaired) electrons. The van der Waals surface area contributed by atoms with Crippen LogP contribution in [0.15, 0.2) is 40.9 Å². The molecule has 0 unspecified atom stereocenters. The van der Waals surface area contributed by atoms with Gasteiger partial charge in [0.1, 0.15) is 0 Å². The van der Waals surface area contributed by atoms with Gasteiger partial charge in [-0.15, -0.1) is 0 Å². The topological polar surface area (TPSA) is 55.1 Å². The highest BCUT2D eigenvalue weighted by molar-refractivity contribution is 9.10. The molecule has 2 rings (SSSR count). The Bertz CT molecular complexity index is 618. The van der Waals surface area contributed by atoms with Crippen molar-refractivity contribution in [3.05, 3.63) is 57.6 Å². The lowest BCUT2D eigenvalue weighted by Gasteiger charge is -2.10. The number of rotatable bonds is 2. The van der Waals surface area contributed by atoms with Gasteiger partial charge in [-0.25, -0.2) is 0 Å². The summed E-state index contributed by atoms with van der Waals surface area (Å²) in [6.07, 6.45) is 0. The first kappa shape index (κ1) is 13.6. The summed E-state index contributed by atoms with van der Waals surface area (Å²) in [6, 6.07) is 11.2. The van der Waals surface area contributed by atoms with Gasteiger partial charge in [0, 0.05) is 15.8 Å². The number of hydrogen-bond donors (Lipinski definition) is 2. The van der Waals surface area contributed by atoms with Crippen LogP contribution >= 0.6 is 15.9 Å². The van der Waals surface area contributed by atoms with Gasteiger partial charge in [-0.1, -0.05) is 28.1 Å². The molecule has 19 heavy (non-hydrogen) atoms. The predicted octanol–water partition coefficient (Wildman–Crippen LogP) is 3.90. The Balaban J connectivity index is 2.28. The molecule has 0 spiro atoms. The van der Waals surface area contributed by atoms with Crippen molar-refractivity contribution in [1.29, 1.82) is 0 Å². The first-order valence-electron chi connectivity index (χ1n) is 5.91. The number of carbonyl (C=O) groups is 1. The Labute approximate surface area is 121 Å². The van der Waals surface area contributed by atoms with Gasteiger partial charge in [-0.05, 0) is 49.2 Å². The molecule has 2 aromatic rings. The molecule has 3 nitrogen and oxygen atoms in total. The highest BCUT2D eigenvalue weighted by Gasteiger charge is 2.11. The van der Waals surface area contributed by atoms with Crippen LogP contribution in [-0.4, -0.2) is 5.91 Å². The average molecular weight is 319 g/mol. The van der Waals surface area contributed by atoms with E-state index >= 15 is 0 Å². The Kier molecular flexibility index (Phi) is 3.90. The number of benzene rings is 2. The minimum absolute atomic E-state index is 0.196. The SMILES string of the molecule is Cc1cc(Br)cc(NC(=O)c2cccc(C)c2N)c1. The van der Waals surface area contributed by atoms with E-state index < -0.39 is 0 Å². The van der Waals surface area contributed by atoms with Gasteiger partial charge in [-0.3, -0.25) is 4.79 Å². The second-order valence-electron chi connectivity index (χ2n) is 4.51. The molecule has 0 aliphatic heterocycles. The van der Waals surface area contributed by atoms with Crippen molar-refractivity contribution >= 4 is 33.2 Å². The first-order valence-corrected chi connectivity index (χ1v) is 6.70. The van der Waals surface area contributed by atoms with Gasteiger partial charge >= 0.3 is 0 Å². The summed E-state index contributed by atoms with van der Waals surface area (Å²) in [5.41, 5.74) is 9.66. The minimum atomic E-state index is -0.196. The van der Waals surface area contributed by atoms with Crippen LogP contribution in [0.2, 0.25) is 0 Å². The monoisotopic (exact) mass is 318 g/mol. The van der Waals surface area contributed by atoms with Crippen LogP contribution in [0.3, 0.4) is 0 Å². The molecule has 1 amide bonds. The zero-order chi connectivity index (χ0) is 14.0. The van der Waals surface area contributed by atoms with E-state index in [9.17, 15) is 4.79 Å². The summed E-state index contributed by atoms with van der Waals surface area (Å²) in [5.74, 6) is -0.196. The van der Waals surface area contributed by atoms with Gasteiger partial charge < -0.3 is 11.1 Å². The fourth-order valence-corrected chi connectivity index (χ4v) is 2.49. The van der Waals surface area contributed by atoms with E-state index in [2.05, 4.69) is 21.2 Å². The minimum Gasteiger partial charge on any atom is -0.398 e. The van der Waals surface area contributed by atoms with Crippen LogP contribution in [0.25, 0.3) is 0 Å². The molecule has 0 aromatic heterocycles. The summed E-state index contributed by atoms with van der Waals surface area (Å²) >= 11 is 3.41. The molecule has 0 saturated heterocycles. The zero-order valence-electron chi connectivity index (χ0n) is 10.8. The van der Waals surface area contributed by atoms with Crippen LogP contribution in [0.4, 0.5) is 11.4 Å². The Morgan fingerprint density at radius 3 is 2.63 bits per heavy atom. The number of hydrogen-bond acceptors (Lipinski definition) is 2. The average Bonchev–Trinajstić information content (AvgIpc) is 2.31. The molecule has 0 fully saturated rings. The van der Waals surface area contributed by atoms with Crippen molar-refractivity contribution in [2.75, 3.05) is 11.1 Å². The van der Waals surface area contributed by atoms with Crippen molar-refractivity contribution in [2.45, 2.75) is 13.8 Å². The fraction of sp³-hybridized carbons (Fsp3) is 0.133. The van der Waals surface area contributed by atoms with Gasteiger partial charge in [0.05, 0.1) is 5.56 Å². The maximum absolute atomic E-state index is 12.2. The van der Waals surface area contributed by atoms with E-state index in [1.807, 2.05) is 44.2 Å². The maximum Gasteiger partial charge on any atom is 0.257 e. The van der Waals surface area contributed by atoms with E-state index in [-0.39, 0.29) is 5.91 Å². The molecule has 0 saturated carbocycles.